The van der Waals surface area contributed by atoms with Gasteiger partial charge in [-0.2, -0.15) is 0 Å². The van der Waals surface area contributed by atoms with E-state index in [0.717, 1.165) is 16.7 Å². The zero-order valence-corrected chi connectivity index (χ0v) is 21.8. The van der Waals surface area contributed by atoms with Crippen LogP contribution in [-0.2, 0) is 19.7 Å². The summed E-state index contributed by atoms with van der Waals surface area (Å²) in [4.78, 5) is 27.8. The number of rotatable bonds is 8. The molecule has 0 bridgehead atoms. The molecule has 1 heterocycles. The quantitative estimate of drug-likeness (QED) is 0.233. The van der Waals surface area contributed by atoms with E-state index in [4.69, 9.17) is 9.47 Å². The van der Waals surface area contributed by atoms with Crippen LogP contribution in [0, 0.1) is 6.92 Å². The van der Waals surface area contributed by atoms with Gasteiger partial charge in [-0.1, -0.05) is 45.0 Å². The fourth-order valence-electron chi connectivity index (χ4n) is 4.34. The second-order valence-electron chi connectivity index (χ2n) is 10.4. The summed E-state index contributed by atoms with van der Waals surface area (Å²) in [5.41, 5.74) is 3.32. The van der Waals surface area contributed by atoms with Crippen LogP contribution in [0.15, 0.2) is 48.0 Å². The zero-order chi connectivity index (χ0) is 25.9. The summed E-state index contributed by atoms with van der Waals surface area (Å²) in [6.45, 7) is 13.0. The number of aliphatic hydroxyl groups is 1. The van der Waals surface area contributed by atoms with Gasteiger partial charge in [0, 0.05) is 25.8 Å². The van der Waals surface area contributed by atoms with Crippen molar-refractivity contribution >= 4 is 17.4 Å². The molecule has 1 saturated heterocycles. The molecule has 35 heavy (non-hydrogen) atoms. The molecule has 1 N–H and O–H groups in total. The van der Waals surface area contributed by atoms with Gasteiger partial charge < -0.3 is 19.5 Å². The lowest BCUT2D eigenvalue weighted by atomic mass is 9.85. The monoisotopic (exact) mass is 479 g/mol. The highest BCUT2D eigenvalue weighted by atomic mass is 16.5. The van der Waals surface area contributed by atoms with Crippen LogP contribution in [0.2, 0.25) is 0 Å². The van der Waals surface area contributed by atoms with Crippen LogP contribution >= 0.6 is 0 Å². The van der Waals surface area contributed by atoms with Gasteiger partial charge in [0.25, 0.3) is 11.7 Å². The molecule has 2 aromatic carbocycles. The van der Waals surface area contributed by atoms with Gasteiger partial charge in [0.15, 0.2) is 0 Å². The Hall–Kier alpha value is -3.12. The van der Waals surface area contributed by atoms with E-state index in [1.165, 1.54) is 0 Å². The third-order valence-electron chi connectivity index (χ3n) is 6.19. The van der Waals surface area contributed by atoms with Gasteiger partial charge in [0.05, 0.1) is 17.7 Å². The van der Waals surface area contributed by atoms with Crippen molar-refractivity contribution in [3.8, 4) is 5.75 Å². The molecular formula is C29H37NO5. The average Bonchev–Trinajstić information content (AvgIpc) is 3.04. The molecule has 3 rings (SSSR count). The van der Waals surface area contributed by atoms with E-state index < -0.39 is 17.7 Å². The molecule has 0 aliphatic carbocycles. The molecule has 1 fully saturated rings. The predicted molar refractivity (Wildman–Crippen MR) is 138 cm³/mol. The number of carbonyl (C=O) groups is 2. The number of nitrogens with zero attached hydrogens (tertiary/aromatic N) is 1. The topological polar surface area (TPSA) is 76.1 Å². The Morgan fingerprint density at radius 1 is 1.09 bits per heavy atom. The summed E-state index contributed by atoms with van der Waals surface area (Å²) < 4.78 is 11.0. The van der Waals surface area contributed by atoms with Crippen molar-refractivity contribution in [3.05, 3.63) is 70.3 Å². The van der Waals surface area contributed by atoms with Crippen molar-refractivity contribution in [3.63, 3.8) is 0 Å². The van der Waals surface area contributed by atoms with Gasteiger partial charge in [0.2, 0.25) is 0 Å². The summed E-state index contributed by atoms with van der Waals surface area (Å²) in [6, 6.07) is 12.5. The largest absolute Gasteiger partial charge is 0.507 e. The molecule has 1 unspecified atom stereocenters. The number of hydrogen-bond acceptors (Lipinski definition) is 5. The van der Waals surface area contributed by atoms with Crippen molar-refractivity contribution in [2.45, 2.75) is 65.5 Å². The Kier molecular flexibility index (Phi) is 8.06. The maximum absolute atomic E-state index is 13.2. The number of ether oxygens (including phenoxy) is 2. The number of aryl methyl sites for hydroxylation is 1. The lowest BCUT2D eigenvalue weighted by molar-refractivity contribution is -0.140. The smallest absolute Gasteiger partial charge is 0.295 e. The SMILES string of the molecule is COCCCN1C(=O)C(=O)/C(=C(\O)c2ccc(OC(C)C)c(C)c2)C1c1ccc(C(C)(C)C)cc1. The minimum Gasteiger partial charge on any atom is -0.507 e. The number of methoxy groups -OCH3 is 1. The van der Waals surface area contributed by atoms with Gasteiger partial charge in [-0.15, -0.1) is 0 Å². The van der Waals surface area contributed by atoms with Crippen LogP contribution in [0.3, 0.4) is 0 Å². The predicted octanol–water partition coefficient (Wildman–Crippen LogP) is 5.54. The standard InChI is InChI=1S/C29H37NO5/c1-18(2)35-23-14-11-21(17-19(23)3)26(31)24-25(20-9-12-22(13-10-20)29(4,5)6)30(15-8-16-34-7)28(33)27(24)32/h9-14,17-18,25,31H,8,15-16H2,1-7H3/b26-24-. The van der Waals surface area contributed by atoms with E-state index in [1.54, 1.807) is 30.2 Å². The van der Waals surface area contributed by atoms with E-state index in [-0.39, 0.29) is 22.9 Å². The summed E-state index contributed by atoms with van der Waals surface area (Å²) >= 11 is 0. The maximum Gasteiger partial charge on any atom is 0.295 e. The number of Topliss-reactive ketones (excluding diaryl/α,β-unsaturated/α-hetero) is 1. The van der Waals surface area contributed by atoms with E-state index in [1.807, 2.05) is 45.0 Å². The Bertz CT molecular complexity index is 1110. The number of carbonyl (C=O) groups excluding carboxylic acids is 2. The van der Waals surface area contributed by atoms with Crippen molar-refractivity contribution in [2.24, 2.45) is 0 Å². The molecule has 6 nitrogen and oxygen atoms in total. The van der Waals surface area contributed by atoms with Crippen molar-refractivity contribution in [1.82, 2.24) is 4.90 Å². The van der Waals surface area contributed by atoms with Gasteiger partial charge in [-0.3, -0.25) is 9.59 Å². The molecule has 0 aromatic heterocycles. The van der Waals surface area contributed by atoms with E-state index in [9.17, 15) is 14.7 Å². The molecule has 1 aliphatic heterocycles. The lowest BCUT2D eigenvalue weighted by Gasteiger charge is -2.26. The van der Waals surface area contributed by atoms with Crippen LogP contribution in [0.25, 0.3) is 5.76 Å². The fourth-order valence-corrected chi connectivity index (χ4v) is 4.34. The molecule has 188 valence electrons. The Morgan fingerprint density at radius 3 is 2.29 bits per heavy atom. The molecule has 1 aliphatic rings. The van der Waals surface area contributed by atoms with E-state index in [2.05, 4.69) is 20.8 Å². The molecule has 0 saturated carbocycles. The average molecular weight is 480 g/mol. The van der Waals surface area contributed by atoms with Crippen LogP contribution in [0.4, 0.5) is 0 Å². The first-order chi connectivity index (χ1) is 16.5. The third-order valence-corrected chi connectivity index (χ3v) is 6.19. The van der Waals surface area contributed by atoms with Gasteiger partial charge >= 0.3 is 0 Å². The summed E-state index contributed by atoms with van der Waals surface area (Å²) in [6.07, 6.45) is 0.599. The van der Waals surface area contributed by atoms with E-state index in [0.29, 0.717) is 30.9 Å². The summed E-state index contributed by atoms with van der Waals surface area (Å²) in [7, 11) is 1.60. The Morgan fingerprint density at radius 2 is 1.74 bits per heavy atom. The molecule has 2 aromatic rings. The molecule has 0 radical (unpaired) electrons. The number of amides is 1. The number of hydrogen-bond donors (Lipinski definition) is 1. The molecule has 0 spiro atoms. The minimum atomic E-state index is -0.676. The number of benzene rings is 2. The lowest BCUT2D eigenvalue weighted by Crippen LogP contribution is -2.31. The van der Waals surface area contributed by atoms with Crippen molar-refractivity contribution in [1.29, 1.82) is 0 Å². The minimum absolute atomic E-state index is 0.0154. The second-order valence-corrected chi connectivity index (χ2v) is 10.4. The Labute approximate surface area is 208 Å². The first kappa shape index (κ1) is 26.5. The van der Waals surface area contributed by atoms with Crippen molar-refractivity contribution < 1.29 is 24.2 Å². The molecule has 1 atom stereocenters. The molecule has 1 amide bonds. The van der Waals surface area contributed by atoms with Crippen molar-refractivity contribution in [2.75, 3.05) is 20.3 Å². The first-order valence-corrected chi connectivity index (χ1v) is 12.1. The fraction of sp³-hybridized carbons (Fsp3) is 0.448. The first-order valence-electron chi connectivity index (χ1n) is 12.1. The van der Waals surface area contributed by atoms with Crippen LogP contribution in [0.5, 0.6) is 5.75 Å². The van der Waals surface area contributed by atoms with Crippen LogP contribution < -0.4 is 4.74 Å². The molecular weight excluding hydrogens is 442 g/mol. The van der Waals surface area contributed by atoms with Gasteiger partial charge in [-0.25, -0.2) is 0 Å². The maximum atomic E-state index is 13.2. The van der Waals surface area contributed by atoms with Gasteiger partial charge in [0.1, 0.15) is 11.5 Å². The van der Waals surface area contributed by atoms with Gasteiger partial charge in [-0.05, 0) is 67.5 Å². The number of ketones is 1. The van der Waals surface area contributed by atoms with Crippen LogP contribution in [-0.4, -0.2) is 48.1 Å². The highest BCUT2D eigenvalue weighted by Gasteiger charge is 2.45. The van der Waals surface area contributed by atoms with Crippen LogP contribution in [0.1, 0.15) is 69.3 Å². The summed E-state index contributed by atoms with van der Waals surface area (Å²) in [5, 5.41) is 11.3. The Balaban J connectivity index is 2.10. The highest BCUT2D eigenvalue weighted by Crippen LogP contribution is 2.40. The number of aliphatic hydroxyl groups excluding tert-OH is 1. The molecule has 6 heteroatoms. The number of likely N-dealkylation sites (tertiary alicyclic amines) is 1. The highest BCUT2D eigenvalue weighted by molar-refractivity contribution is 6.46. The third kappa shape index (κ3) is 5.76. The summed E-state index contributed by atoms with van der Waals surface area (Å²) in [5.74, 6) is -0.749. The normalized spacial score (nSPS) is 17.9. The second kappa shape index (κ2) is 10.6. The van der Waals surface area contributed by atoms with E-state index >= 15 is 0 Å². The zero-order valence-electron chi connectivity index (χ0n) is 21.8.